The van der Waals surface area contributed by atoms with Crippen LogP contribution in [0.1, 0.15) is 24.0 Å². The standard InChI is InChI=1S/C16H18N4O2S/c21-15-7-11-6-10(3-4-13(11)18-15)14-9-23-16(20-19-14)17-8-12-2-1-5-22-12/h3-4,6,12H,1-2,5,7-9H2,(H,17,20)(H,18,21)/t12-/m1/s1. The molecule has 2 N–H and O–H groups in total. The molecule has 0 spiro atoms. The molecule has 23 heavy (non-hydrogen) atoms. The van der Waals surface area contributed by atoms with Crippen molar-refractivity contribution in [3.05, 3.63) is 29.3 Å². The van der Waals surface area contributed by atoms with Crippen molar-refractivity contribution in [2.24, 2.45) is 10.1 Å². The Morgan fingerprint density at radius 3 is 3.17 bits per heavy atom. The first-order valence-electron chi connectivity index (χ1n) is 7.82. The van der Waals surface area contributed by atoms with Gasteiger partial charge in [-0.2, -0.15) is 5.10 Å². The van der Waals surface area contributed by atoms with E-state index in [1.807, 2.05) is 18.2 Å². The second-order valence-corrected chi connectivity index (χ2v) is 6.80. The van der Waals surface area contributed by atoms with Gasteiger partial charge in [0.1, 0.15) is 0 Å². The second-order valence-electron chi connectivity index (χ2n) is 5.84. The molecule has 0 aliphatic carbocycles. The van der Waals surface area contributed by atoms with Crippen LogP contribution in [0, 0.1) is 0 Å². The molecular formula is C16H18N4O2S. The van der Waals surface area contributed by atoms with Gasteiger partial charge in [-0.25, -0.2) is 0 Å². The number of fused-ring (bicyclic) bond motifs is 1. The molecule has 1 aromatic carbocycles. The number of hydrogen-bond acceptors (Lipinski definition) is 5. The normalized spacial score (nSPS) is 25.0. The molecule has 7 heteroatoms. The lowest BCUT2D eigenvalue weighted by Gasteiger charge is -2.16. The maximum atomic E-state index is 11.4. The van der Waals surface area contributed by atoms with Crippen molar-refractivity contribution in [2.45, 2.75) is 25.4 Å². The molecule has 0 saturated carbocycles. The van der Waals surface area contributed by atoms with Gasteiger partial charge in [-0.3, -0.25) is 15.2 Å². The number of hydrogen-bond donors (Lipinski definition) is 2. The lowest BCUT2D eigenvalue weighted by Crippen LogP contribution is -2.26. The molecule has 4 rings (SSSR count). The van der Waals surface area contributed by atoms with E-state index in [0.717, 1.165) is 52.9 Å². The summed E-state index contributed by atoms with van der Waals surface area (Å²) in [5.41, 5.74) is 7.02. The van der Waals surface area contributed by atoms with Gasteiger partial charge in [-0.15, -0.1) is 0 Å². The zero-order valence-electron chi connectivity index (χ0n) is 12.7. The summed E-state index contributed by atoms with van der Waals surface area (Å²) in [6, 6.07) is 5.99. The summed E-state index contributed by atoms with van der Waals surface area (Å²) in [6.45, 7) is 1.56. The van der Waals surface area contributed by atoms with E-state index < -0.39 is 0 Å². The van der Waals surface area contributed by atoms with Gasteiger partial charge in [-0.1, -0.05) is 17.8 Å². The van der Waals surface area contributed by atoms with E-state index in [1.165, 1.54) is 0 Å². The van der Waals surface area contributed by atoms with Gasteiger partial charge in [-0.05, 0) is 36.1 Å². The Labute approximate surface area is 138 Å². The minimum absolute atomic E-state index is 0.0544. The Hall–Kier alpha value is -1.86. The Morgan fingerprint density at radius 2 is 2.39 bits per heavy atom. The largest absolute Gasteiger partial charge is 0.376 e. The van der Waals surface area contributed by atoms with E-state index in [0.29, 0.717) is 13.0 Å². The van der Waals surface area contributed by atoms with Crippen LogP contribution in [0.25, 0.3) is 0 Å². The van der Waals surface area contributed by atoms with Gasteiger partial charge in [0.25, 0.3) is 0 Å². The van der Waals surface area contributed by atoms with Crippen LogP contribution < -0.4 is 10.7 Å². The van der Waals surface area contributed by atoms with Crippen LogP contribution in [0.3, 0.4) is 0 Å². The number of carbonyl (C=O) groups excluding carboxylic acids is 1. The molecular weight excluding hydrogens is 312 g/mol. The van der Waals surface area contributed by atoms with Gasteiger partial charge in [0, 0.05) is 18.0 Å². The number of nitrogens with one attached hydrogen (secondary N) is 2. The Balaban J connectivity index is 1.42. The minimum Gasteiger partial charge on any atom is -0.376 e. The smallest absolute Gasteiger partial charge is 0.228 e. The molecule has 1 aromatic rings. The highest BCUT2D eigenvalue weighted by Crippen LogP contribution is 2.25. The zero-order valence-corrected chi connectivity index (χ0v) is 13.5. The van der Waals surface area contributed by atoms with Crippen LogP contribution >= 0.6 is 11.8 Å². The van der Waals surface area contributed by atoms with Crippen LogP contribution in [-0.4, -0.2) is 41.8 Å². The zero-order chi connectivity index (χ0) is 15.6. The van der Waals surface area contributed by atoms with E-state index in [2.05, 4.69) is 20.8 Å². The fourth-order valence-corrected chi connectivity index (χ4v) is 3.71. The van der Waals surface area contributed by atoms with Crippen molar-refractivity contribution in [1.29, 1.82) is 0 Å². The summed E-state index contributed by atoms with van der Waals surface area (Å²) in [6.07, 6.45) is 2.94. The van der Waals surface area contributed by atoms with Crippen molar-refractivity contribution >= 4 is 34.2 Å². The third kappa shape index (κ3) is 3.25. The predicted molar refractivity (Wildman–Crippen MR) is 92.2 cm³/mol. The van der Waals surface area contributed by atoms with Crippen molar-refractivity contribution in [3.8, 4) is 0 Å². The average molecular weight is 330 g/mol. The lowest BCUT2D eigenvalue weighted by molar-refractivity contribution is -0.115. The summed E-state index contributed by atoms with van der Waals surface area (Å²) in [5, 5.41) is 8.14. The Bertz CT molecular complexity index is 695. The monoisotopic (exact) mass is 330 g/mol. The number of ether oxygens (including phenoxy) is 1. The maximum absolute atomic E-state index is 11.4. The average Bonchev–Trinajstić information content (AvgIpc) is 3.21. The number of hydrazone groups is 1. The number of rotatable bonds is 3. The molecule has 0 bridgehead atoms. The molecule has 6 nitrogen and oxygen atoms in total. The summed E-state index contributed by atoms with van der Waals surface area (Å²) in [7, 11) is 0. The molecule has 120 valence electrons. The van der Waals surface area contributed by atoms with E-state index in [4.69, 9.17) is 4.74 Å². The highest BCUT2D eigenvalue weighted by Gasteiger charge is 2.20. The van der Waals surface area contributed by atoms with Crippen LogP contribution in [0.4, 0.5) is 5.69 Å². The number of amides is 1. The SMILES string of the molecule is O=C1Cc2cc(C3=NNC(=NC[C@H]4CCCO4)SC3)ccc2N1. The lowest BCUT2D eigenvalue weighted by atomic mass is 10.1. The van der Waals surface area contributed by atoms with Crippen molar-refractivity contribution in [3.63, 3.8) is 0 Å². The number of benzene rings is 1. The van der Waals surface area contributed by atoms with Crippen LogP contribution in [0.15, 0.2) is 28.3 Å². The third-order valence-corrected chi connectivity index (χ3v) is 5.07. The molecule has 0 aromatic heterocycles. The van der Waals surface area contributed by atoms with Gasteiger partial charge in [0.05, 0.1) is 24.8 Å². The van der Waals surface area contributed by atoms with Gasteiger partial charge in [0.2, 0.25) is 5.91 Å². The molecule has 1 atom stereocenters. The first kappa shape index (κ1) is 14.7. The van der Waals surface area contributed by atoms with E-state index in [1.54, 1.807) is 11.8 Å². The van der Waals surface area contributed by atoms with E-state index in [-0.39, 0.29) is 12.0 Å². The van der Waals surface area contributed by atoms with Crippen molar-refractivity contribution in [1.82, 2.24) is 5.43 Å². The Morgan fingerprint density at radius 1 is 1.43 bits per heavy atom. The summed E-state index contributed by atoms with van der Waals surface area (Å²) in [4.78, 5) is 16.0. The number of aliphatic imine (C=N–C) groups is 1. The molecule has 0 radical (unpaired) electrons. The van der Waals surface area contributed by atoms with Crippen molar-refractivity contribution in [2.75, 3.05) is 24.2 Å². The van der Waals surface area contributed by atoms with Gasteiger partial charge < -0.3 is 10.1 Å². The molecule has 3 heterocycles. The molecule has 1 amide bonds. The summed E-state index contributed by atoms with van der Waals surface area (Å²) in [5.74, 6) is 0.830. The second kappa shape index (κ2) is 6.33. The van der Waals surface area contributed by atoms with E-state index in [9.17, 15) is 4.79 Å². The summed E-state index contributed by atoms with van der Waals surface area (Å²) >= 11 is 1.65. The highest BCUT2D eigenvalue weighted by atomic mass is 32.2. The number of amidine groups is 1. The number of thioether (sulfide) groups is 1. The predicted octanol–water partition coefficient (Wildman–Crippen LogP) is 1.76. The van der Waals surface area contributed by atoms with Crippen LogP contribution in [0.2, 0.25) is 0 Å². The van der Waals surface area contributed by atoms with Crippen LogP contribution in [-0.2, 0) is 16.0 Å². The topological polar surface area (TPSA) is 75.1 Å². The maximum Gasteiger partial charge on any atom is 0.228 e. The molecule has 3 aliphatic rings. The highest BCUT2D eigenvalue weighted by molar-refractivity contribution is 8.14. The first-order chi connectivity index (χ1) is 11.3. The molecule has 3 aliphatic heterocycles. The Kier molecular flexibility index (Phi) is 4.05. The summed E-state index contributed by atoms with van der Waals surface area (Å²) < 4.78 is 5.57. The number of nitrogens with zero attached hydrogens (tertiary/aromatic N) is 2. The fourth-order valence-electron chi connectivity index (χ4n) is 2.93. The third-order valence-electron chi connectivity index (χ3n) is 4.16. The minimum atomic E-state index is 0.0544. The number of anilines is 1. The molecule has 1 saturated heterocycles. The molecule has 1 fully saturated rings. The quantitative estimate of drug-likeness (QED) is 0.885. The number of carbonyl (C=O) groups is 1. The first-order valence-corrected chi connectivity index (χ1v) is 8.81. The van der Waals surface area contributed by atoms with Crippen LogP contribution in [0.5, 0.6) is 0 Å². The van der Waals surface area contributed by atoms with E-state index >= 15 is 0 Å². The van der Waals surface area contributed by atoms with Gasteiger partial charge >= 0.3 is 0 Å². The van der Waals surface area contributed by atoms with Crippen molar-refractivity contribution < 1.29 is 9.53 Å². The molecule has 0 unspecified atom stereocenters. The van der Waals surface area contributed by atoms with Gasteiger partial charge in [0.15, 0.2) is 5.17 Å². The fraction of sp³-hybridized carbons (Fsp3) is 0.438.